The van der Waals surface area contributed by atoms with Gasteiger partial charge in [0.2, 0.25) is 0 Å². The zero-order valence-electron chi connectivity index (χ0n) is 16.7. The lowest BCUT2D eigenvalue weighted by Gasteiger charge is -2.58. The minimum absolute atomic E-state index is 0.211. The smallest absolute Gasteiger partial charge is 0.330 e. The predicted octanol–water partition coefficient (Wildman–Crippen LogP) is 3.42. The van der Waals surface area contributed by atoms with Crippen molar-refractivity contribution in [3.05, 3.63) is 41.5 Å². The van der Waals surface area contributed by atoms with Gasteiger partial charge in [-0.05, 0) is 45.0 Å². The third kappa shape index (κ3) is 4.16. The molecule has 1 aliphatic rings. The standard InChI is InChI=1S/C21H29NO5/c1-6-26-17-13-21(19(24)25,20(17,4)5)22-18(23)15-8-7-9-16(12-15)27-11-10-14(2)3/h7-10,12,17H,6,11,13H2,1-5H3,(H,22,23)(H,24,25). The highest BCUT2D eigenvalue weighted by Gasteiger charge is 2.66. The van der Waals surface area contributed by atoms with Gasteiger partial charge in [-0.25, -0.2) is 4.79 Å². The van der Waals surface area contributed by atoms with E-state index in [1.54, 1.807) is 24.3 Å². The Morgan fingerprint density at radius 2 is 2.04 bits per heavy atom. The van der Waals surface area contributed by atoms with E-state index in [9.17, 15) is 14.7 Å². The first-order chi connectivity index (χ1) is 12.6. The summed E-state index contributed by atoms with van der Waals surface area (Å²) in [6, 6.07) is 6.75. The molecule has 0 bridgehead atoms. The number of carboxylic acids is 1. The van der Waals surface area contributed by atoms with Gasteiger partial charge in [0.25, 0.3) is 5.91 Å². The molecule has 27 heavy (non-hydrogen) atoms. The van der Waals surface area contributed by atoms with Crippen LogP contribution in [0.4, 0.5) is 0 Å². The van der Waals surface area contributed by atoms with Crippen LogP contribution in [0.5, 0.6) is 5.75 Å². The number of carbonyl (C=O) groups is 2. The molecule has 0 saturated heterocycles. The number of ether oxygens (including phenoxy) is 2. The second kappa shape index (κ2) is 8.13. The number of carboxylic acid groups (broad SMARTS) is 1. The lowest BCUT2D eigenvalue weighted by molar-refractivity contribution is -0.190. The van der Waals surface area contributed by atoms with Gasteiger partial charge in [0.05, 0.1) is 6.10 Å². The second-order valence-corrected chi connectivity index (χ2v) is 7.65. The number of carbonyl (C=O) groups excluding carboxylic acids is 1. The third-order valence-electron chi connectivity index (χ3n) is 5.29. The summed E-state index contributed by atoms with van der Waals surface area (Å²) < 4.78 is 11.3. The monoisotopic (exact) mass is 375 g/mol. The van der Waals surface area contributed by atoms with Crippen LogP contribution < -0.4 is 10.1 Å². The van der Waals surface area contributed by atoms with Gasteiger partial charge in [-0.3, -0.25) is 4.79 Å². The Morgan fingerprint density at radius 1 is 1.33 bits per heavy atom. The van der Waals surface area contributed by atoms with Gasteiger partial charge in [-0.15, -0.1) is 0 Å². The highest BCUT2D eigenvalue weighted by Crippen LogP contribution is 2.51. The molecule has 148 valence electrons. The molecule has 0 radical (unpaired) electrons. The van der Waals surface area contributed by atoms with Crippen molar-refractivity contribution in [2.75, 3.05) is 13.2 Å². The Balaban J connectivity index is 2.15. The van der Waals surface area contributed by atoms with Crippen molar-refractivity contribution in [1.82, 2.24) is 5.32 Å². The van der Waals surface area contributed by atoms with Gasteiger partial charge >= 0.3 is 5.97 Å². The van der Waals surface area contributed by atoms with Crippen LogP contribution in [0.3, 0.4) is 0 Å². The zero-order valence-corrected chi connectivity index (χ0v) is 16.7. The van der Waals surface area contributed by atoms with Crippen molar-refractivity contribution < 1.29 is 24.2 Å². The molecule has 2 atom stereocenters. The molecular formula is C21H29NO5. The molecule has 0 aromatic heterocycles. The number of rotatable bonds is 8. The minimum Gasteiger partial charge on any atom is -0.490 e. The van der Waals surface area contributed by atoms with Crippen molar-refractivity contribution in [1.29, 1.82) is 0 Å². The number of benzene rings is 1. The van der Waals surface area contributed by atoms with Gasteiger partial charge in [-0.2, -0.15) is 0 Å². The van der Waals surface area contributed by atoms with Crippen molar-refractivity contribution in [2.45, 2.75) is 52.7 Å². The summed E-state index contributed by atoms with van der Waals surface area (Å²) in [7, 11) is 0. The normalized spacial score (nSPS) is 23.1. The largest absolute Gasteiger partial charge is 0.490 e. The summed E-state index contributed by atoms with van der Waals surface area (Å²) >= 11 is 0. The molecule has 2 rings (SSSR count). The first-order valence-electron chi connectivity index (χ1n) is 9.17. The lowest BCUT2D eigenvalue weighted by Crippen LogP contribution is -2.76. The van der Waals surface area contributed by atoms with E-state index < -0.39 is 22.8 Å². The van der Waals surface area contributed by atoms with E-state index in [1.807, 2.05) is 40.7 Å². The van der Waals surface area contributed by atoms with E-state index >= 15 is 0 Å². The van der Waals surface area contributed by atoms with E-state index in [-0.39, 0.29) is 12.5 Å². The molecule has 1 saturated carbocycles. The number of allylic oxidation sites excluding steroid dienone is 1. The number of hydrogen-bond acceptors (Lipinski definition) is 4. The molecule has 0 spiro atoms. The molecule has 0 heterocycles. The number of hydrogen-bond donors (Lipinski definition) is 2. The first kappa shape index (κ1) is 21.0. The Morgan fingerprint density at radius 3 is 2.59 bits per heavy atom. The van der Waals surface area contributed by atoms with E-state index in [1.165, 1.54) is 0 Å². The van der Waals surface area contributed by atoms with Gasteiger partial charge in [0.1, 0.15) is 17.9 Å². The van der Waals surface area contributed by atoms with Gasteiger partial charge < -0.3 is 19.9 Å². The zero-order chi connectivity index (χ0) is 20.2. The first-order valence-corrected chi connectivity index (χ1v) is 9.17. The van der Waals surface area contributed by atoms with Gasteiger partial charge in [0.15, 0.2) is 0 Å². The average molecular weight is 375 g/mol. The van der Waals surface area contributed by atoms with Gasteiger partial charge in [-0.1, -0.05) is 25.5 Å². The highest BCUT2D eigenvalue weighted by molar-refractivity contribution is 5.99. The molecule has 6 nitrogen and oxygen atoms in total. The molecule has 0 aliphatic heterocycles. The molecule has 2 N–H and O–H groups in total. The number of nitrogens with one attached hydrogen (secondary N) is 1. The maximum absolute atomic E-state index is 12.8. The van der Waals surface area contributed by atoms with E-state index in [4.69, 9.17) is 9.47 Å². The minimum atomic E-state index is -1.36. The molecule has 6 heteroatoms. The topological polar surface area (TPSA) is 84.9 Å². The lowest BCUT2D eigenvalue weighted by atomic mass is 9.54. The Kier molecular flexibility index (Phi) is 6.31. The van der Waals surface area contributed by atoms with Crippen LogP contribution in [-0.4, -0.2) is 41.8 Å². The number of amides is 1. The fourth-order valence-electron chi connectivity index (χ4n) is 3.33. The van der Waals surface area contributed by atoms with Crippen LogP contribution in [-0.2, 0) is 9.53 Å². The predicted molar refractivity (Wildman–Crippen MR) is 103 cm³/mol. The highest BCUT2D eigenvalue weighted by atomic mass is 16.5. The second-order valence-electron chi connectivity index (χ2n) is 7.65. The Hall–Kier alpha value is -2.34. The molecule has 1 amide bonds. The molecule has 1 aliphatic carbocycles. The Bertz CT molecular complexity index is 736. The van der Waals surface area contributed by atoms with Crippen molar-refractivity contribution in [2.24, 2.45) is 5.41 Å². The quantitative estimate of drug-likeness (QED) is 0.680. The average Bonchev–Trinajstić information content (AvgIpc) is 2.60. The van der Waals surface area contributed by atoms with Crippen LogP contribution in [0, 0.1) is 5.41 Å². The SMILES string of the molecule is CCOC1CC(NC(=O)c2cccc(OCC=C(C)C)c2)(C(=O)O)C1(C)C. The summed E-state index contributed by atoms with van der Waals surface area (Å²) in [6.45, 7) is 10.4. The molecule has 1 aromatic carbocycles. The molecule has 1 aromatic rings. The number of aliphatic carboxylic acids is 1. The van der Waals surface area contributed by atoms with Crippen LogP contribution in [0.2, 0.25) is 0 Å². The summed E-state index contributed by atoms with van der Waals surface area (Å²) in [5.41, 5.74) is -0.574. The van der Waals surface area contributed by atoms with Crippen molar-refractivity contribution >= 4 is 11.9 Å². The maximum atomic E-state index is 12.8. The van der Waals surface area contributed by atoms with Crippen LogP contribution >= 0.6 is 0 Å². The maximum Gasteiger partial charge on any atom is 0.330 e. The summed E-state index contributed by atoms with van der Waals surface area (Å²) in [6.07, 6.45) is 1.97. The van der Waals surface area contributed by atoms with Crippen molar-refractivity contribution in [3.8, 4) is 5.75 Å². The summed E-state index contributed by atoms with van der Waals surface area (Å²) in [4.78, 5) is 24.8. The van der Waals surface area contributed by atoms with Crippen molar-refractivity contribution in [3.63, 3.8) is 0 Å². The van der Waals surface area contributed by atoms with E-state index in [0.717, 1.165) is 5.57 Å². The van der Waals surface area contributed by atoms with Crippen LogP contribution in [0.25, 0.3) is 0 Å². The third-order valence-corrected chi connectivity index (χ3v) is 5.29. The fourth-order valence-corrected chi connectivity index (χ4v) is 3.33. The van der Waals surface area contributed by atoms with Crippen LogP contribution in [0.15, 0.2) is 35.9 Å². The summed E-state index contributed by atoms with van der Waals surface area (Å²) in [5.74, 6) is -0.926. The van der Waals surface area contributed by atoms with E-state index in [0.29, 0.717) is 24.5 Å². The Labute approximate surface area is 160 Å². The summed E-state index contributed by atoms with van der Waals surface area (Å²) in [5, 5.41) is 12.6. The van der Waals surface area contributed by atoms with E-state index in [2.05, 4.69) is 5.32 Å². The fraction of sp³-hybridized carbons (Fsp3) is 0.524. The van der Waals surface area contributed by atoms with Gasteiger partial charge in [0, 0.05) is 24.0 Å². The molecule has 1 fully saturated rings. The van der Waals surface area contributed by atoms with Crippen LogP contribution in [0.1, 0.15) is 51.4 Å². The molecular weight excluding hydrogens is 346 g/mol. The molecule has 2 unspecified atom stereocenters.